The molecule has 1 N–H and O–H groups in total. The third-order valence-electron chi connectivity index (χ3n) is 2.86. The number of ether oxygens (including phenoxy) is 1. The number of hydrogen-bond donors (Lipinski definition) is 1. The maximum absolute atomic E-state index is 13.6. The normalized spacial score (nSPS) is 11.8. The smallest absolute Gasteiger partial charge is 0.272 e. The zero-order valence-electron chi connectivity index (χ0n) is 11.4. The number of carbonyl (C=O) groups excluding carboxylic acids is 1. The molecule has 1 unspecified atom stereocenters. The Bertz CT molecular complexity index is 666. The Kier molecular flexibility index (Phi) is 4.70. The second-order valence-electron chi connectivity index (χ2n) is 4.32. The fraction of sp³-hybridized carbons (Fsp3) is 0.214. The number of hydrogen-bond acceptors (Lipinski definition) is 4. The SMILES string of the molecule is COc1ccc(C(C)NC(=O)c2cncc(Cl)n2)cc1F. The first-order chi connectivity index (χ1) is 10.0. The average molecular weight is 310 g/mol. The average Bonchev–Trinajstić information content (AvgIpc) is 2.47. The van der Waals surface area contributed by atoms with Gasteiger partial charge in [0.15, 0.2) is 11.6 Å². The van der Waals surface area contributed by atoms with Gasteiger partial charge in [-0.15, -0.1) is 0 Å². The number of nitrogens with one attached hydrogen (secondary N) is 1. The maximum atomic E-state index is 13.6. The van der Waals surface area contributed by atoms with Crippen molar-refractivity contribution >= 4 is 17.5 Å². The van der Waals surface area contributed by atoms with Crippen LogP contribution in [0.3, 0.4) is 0 Å². The topological polar surface area (TPSA) is 64.1 Å². The first-order valence-electron chi connectivity index (χ1n) is 6.13. The summed E-state index contributed by atoms with van der Waals surface area (Å²) in [4.78, 5) is 19.6. The highest BCUT2D eigenvalue weighted by atomic mass is 35.5. The molecule has 0 aliphatic carbocycles. The lowest BCUT2D eigenvalue weighted by molar-refractivity contribution is 0.0934. The van der Waals surface area contributed by atoms with E-state index < -0.39 is 17.8 Å². The van der Waals surface area contributed by atoms with E-state index in [0.29, 0.717) is 5.56 Å². The summed E-state index contributed by atoms with van der Waals surface area (Å²) in [6.45, 7) is 1.73. The second-order valence-corrected chi connectivity index (χ2v) is 4.70. The predicted molar refractivity (Wildman–Crippen MR) is 75.9 cm³/mol. The largest absolute Gasteiger partial charge is 0.494 e. The van der Waals surface area contributed by atoms with Crippen LogP contribution in [0.15, 0.2) is 30.6 Å². The minimum atomic E-state index is -0.487. The van der Waals surface area contributed by atoms with Crippen molar-refractivity contribution in [2.75, 3.05) is 7.11 Å². The van der Waals surface area contributed by atoms with E-state index in [0.717, 1.165) is 0 Å². The van der Waals surface area contributed by atoms with Crippen LogP contribution in [0.1, 0.15) is 29.0 Å². The van der Waals surface area contributed by atoms with Crippen molar-refractivity contribution in [1.82, 2.24) is 15.3 Å². The summed E-state index contributed by atoms with van der Waals surface area (Å²) in [5, 5.41) is 2.83. The minimum absolute atomic E-state index is 0.100. The molecule has 5 nitrogen and oxygen atoms in total. The van der Waals surface area contributed by atoms with E-state index in [1.54, 1.807) is 13.0 Å². The van der Waals surface area contributed by atoms with Gasteiger partial charge in [0.25, 0.3) is 5.91 Å². The van der Waals surface area contributed by atoms with E-state index in [2.05, 4.69) is 15.3 Å². The molecule has 2 rings (SSSR count). The van der Waals surface area contributed by atoms with Crippen LogP contribution in [0.4, 0.5) is 4.39 Å². The summed E-state index contributed by atoms with van der Waals surface area (Å²) in [7, 11) is 1.39. The summed E-state index contributed by atoms with van der Waals surface area (Å²) < 4.78 is 18.5. The van der Waals surface area contributed by atoms with E-state index in [9.17, 15) is 9.18 Å². The molecule has 1 amide bonds. The number of methoxy groups -OCH3 is 1. The van der Waals surface area contributed by atoms with Crippen molar-refractivity contribution in [3.8, 4) is 5.75 Å². The first kappa shape index (κ1) is 15.2. The van der Waals surface area contributed by atoms with Crippen LogP contribution >= 0.6 is 11.6 Å². The van der Waals surface area contributed by atoms with Gasteiger partial charge in [-0.3, -0.25) is 9.78 Å². The van der Waals surface area contributed by atoms with E-state index >= 15 is 0 Å². The standard InChI is InChI=1S/C14H13ClFN3O2/c1-8(9-3-4-12(21-2)10(16)5-9)18-14(20)11-6-17-7-13(15)19-11/h3-8H,1-2H3,(H,18,20). The fourth-order valence-corrected chi connectivity index (χ4v) is 1.90. The summed E-state index contributed by atoms with van der Waals surface area (Å²) in [5.74, 6) is -0.773. The Balaban J connectivity index is 2.12. The van der Waals surface area contributed by atoms with Gasteiger partial charge in [-0.05, 0) is 24.6 Å². The van der Waals surface area contributed by atoms with Crippen LogP contribution in [-0.2, 0) is 0 Å². The molecule has 0 aliphatic heterocycles. The Hall–Kier alpha value is -2.21. The van der Waals surface area contributed by atoms with Gasteiger partial charge >= 0.3 is 0 Å². The monoisotopic (exact) mass is 309 g/mol. The van der Waals surface area contributed by atoms with E-state index in [1.807, 2.05) is 0 Å². The van der Waals surface area contributed by atoms with Gasteiger partial charge in [0.1, 0.15) is 10.8 Å². The Labute approximate surface area is 126 Å². The van der Waals surface area contributed by atoms with E-state index in [1.165, 1.54) is 31.6 Å². The van der Waals surface area contributed by atoms with E-state index in [4.69, 9.17) is 16.3 Å². The zero-order valence-corrected chi connectivity index (χ0v) is 12.2. The molecular weight excluding hydrogens is 297 g/mol. The molecule has 1 heterocycles. The Morgan fingerprint density at radius 3 is 2.81 bits per heavy atom. The van der Waals surface area contributed by atoms with Crippen LogP contribution in [0.5, 0.6) is 5.75 Å². The van der Waals surface area contributed by atoms with Crippen molar-refractivity contribution in [3.05, 3.63) is 52.8 Å². The molecule has 0 aliphatic rings. The minimum Gasteiger partial charge on any atom is -0.494 e. The molecular formula is C14H13ClFN3O2. The second kappa shape index (κ2) is 6.49. The molecule has 0 fully saturated rings. The number of amides is 1. The van der Waals surface area contributed by atoms with Gasteiger partial charge in [0, 0.05) is 0 Å². The van der Waals surface area contributed by atoms with Crippen molar-refractivity contribution in [1.29, 1.82) is 0 Å². The highest BCUT2D eigenvalue weighted by Gasteiger charge is 2.15. The molecule has 1 aromatic carbocycles. The van der Waals surface area contributed by atoms with Crippen LogP contribution in [0, 0.1) is 5.82 Å². The number of rotatable bonds is 4. The van der Waals surface area contributed by atoms with Gasteiger partial charge in [0.2, 0.25) is 0 Å². The molecule has 21 heavy (non-hydrogen) atoms. The number of benzene rings is 1. The summed E-state index contributed by atoms with van der Waals surface area (Å²) in [5.41, 5.74) is 0.708. The van der Waals surface area contributed by atoms with E-state index in [-0.39, 0.29) is 16.6 Å². The van der Waals surface area contributed by atoms with Gasteiger partial charge in [-0.2, -0.15) is 0 Å². The molecule has 1 aromatic heterocycles. The molecule has 0 saturated heterocycles. The maximum Gasteiger partial charge on any atom is 0.272 e. The molecule has 0 saturated carbocycles. The lowest BCUT2D eigenvalue weighted by atomic mass is 10.1. The van der Waals surface area contributed by atoms with Crippen LogP contribution < -0.4 is 10.1 Å². The number of aromatic nitrogens is 2. The van der Waals surface area contributed by atoms with Gasteiger partial charge < -0.3 is 10.1 Å². The summed E-state index contributed by atoms with van der Waals surface area (Å²) in [6.07, 6.45) is 2.64. The molecule has 0 bridgehead atoms. The van der Waals surface area contributed by atoms with Crippen LogP contribution in [0.2, 0.25) is 5.15 Å². The van der Waals surface area contributed by atoms with Crippen molar-refractivity contribution in [2.45, 2.75) is 13.0 Å². The lowest BCUT2D eigenvalue weighted by Gasteiger charge is -2.15. The Morgan fingerprint density at radius 1 is 1.43 bits per heavy atom. The molecule has 0 spiro atoms. The fourth-order valence-electron chi connectivity index (χ4n) is 1.76. The molecule has 2 aromatic rings. The van der Waals surface area contributed by atoms with Crippen LogP contribution in [-0.4, -0.2) is 23.0 Å². The van der Waals surface area contributed by atoms with Crippen molar-refractivity contribution in [3.63, 3.8) is 0 Å². The number of carbonyl (C=O) groups is 1. The van der Waals surface area contributed by atoms with Gasteiger partial charge in [-0.25, -0.2) is 9.37 Å². The number of nitrogens with zero attached hydrogens (tertiary/aromatic N) is 2. The third-order valence-corrected chi connectivity index (χ3v) is 3.04. The number of halogens is 2. The molecule has 0 radical (unpaired) electrons. The molecule has 7 heteroatoms. The van der Waals surface area contributed by atoms with Crippen LogP contribution in [0.25, 0.3) is 0 Å². The summed E-state index contributed by atoms with van der Waals surface area (Å²) in [6, 6.07) is 4.09. The first-order valence-corrected chi connectivity index (χ1v) is 6.51. The van der Waals surface area contributed by atoms with Gasteiger partial charge in [-0.1, -0.05) is 17.7 Å². The van der Waals surface area contributed by atoms with Crippen molar-refractivity contribution in [2.24, 2.45) is 0 Å². The third kappa shape index (κ3) is 3.66. The zero-order chi connectivity index (χ0) is 15.4. The molecule has 110 valence electrons. The van der Waals surface area contributed by atoms with Crippen molar-refractivity contribution < 1.29 is 13.9 Å². The lowest BCUT2D eigenvalue weighted by Crippen LogP contribution is -2.27. The predicted octanol–water partition coefficient (Wildman–Crippen LogP) is 2.77. The Morgan fingerprint density at radius 2 is 2.19 bits per heavy atom. The molecule has 1 atom stereocenters. The summed E-state index contributed by atoms with van der Waals surface area (Å²) >= 11 is 5.68. The quantitative estimate of drug-likeness (QED) is 0.943. The van der Waals surface area contributed by atoms with Gasteiger partial charge in [0.05, 0.1) is 25.5 Å². The highest BCUT2D eigenvalue weighted by molar-refractivity contribution is 6.29. The highest BCUT2D eigenvalue weighted by Crippen LogP contribution is 2.21.